The van der Waals surface area contributed by atoms with E-state index in [4.69, 9.17) is 4.74 Å². The predicted molar refractivity (Wildman–Crippen MR) is 292 cm³/mol. The number of aliphatic hydroxyl groups is 2. The van der Waals surface area contributed by atoms with Crippen LogP contribution in [0.5, 0.6) is 0 Å². The first kappa shape index (κ1) is 65.3. The van der Waals surface area contributed by atoms with Crippen LogP contribution < -0.4 is 5.32 Å². The van der Waals surface area contributed by atoms with Crippen LogP contribution in [-0.2, 0) is 14.3 Å². The van der Waals surface area contributed by atoms with E-state index >= 15 is 0 Å². The summed E-state index contributed by atoms with van der Waals surface area (Å²) in [5, 5.41) is 23.9. The first-order valence-corrected chi connectivity index (χ1v) is 30.1. The molecule has 0 rings (SSSR count). The molecule has 3 unspecified atom stereocenters. The second kappa shape index (κ2) is 55.3. The average Bonchev–Trinajstić information content (AvgIpc) is 3.32. The van der Waals surface area contributed by atoms with E-state index in [1.807, 2.05) is 0 Å². The Labute approximate surface area is 418 Å². The van der Waals surface area contributed by atoms with Gasteiger partial charge < -0.3 is 20.3 Å². The molecule has 1 amide bonds. The van der Waals surface area contributed by atoms with Crippen LogP contribution in [0.2, 0.25) is 0 Å². The van der Waals surface area contributed by atoms with Crippen molar-refractivity contribution in [1.29, 1.82) is 0 Å². The van der Waals surface area contributed by atoms with Gasteiger partial charge in [0.1, 0.15) is 6.10 Å². The van der Waals surface area contributed by atoms with Crippen molar-refractivity contribution in [2.45, 2.75) is 347 Å². The van der Waals surface area contributed by atoms with Gasteiger partial charge in [0.25, 0.3) is 0 Å². The molecule has 0 saturated carbocycles. The lowest BCUT2D eigenvalue weighted by molar-refractivity contribution is -0.151. The van der Waals surface area contributed by atoms with Gasteiger partial charge in [0.15, 0.2) is 0 Å². The molecule has 396 valence electrons. The molecule has 0 aromatic carbocycles. The summed E-state index contributed by atoms with van der Waals surface area (Å²) in [5.74, 6) is -0.456. The maximum Gasteiger partial charge on any atom is 0.306 e. The minimum absolute atomic E-state index is 0.0826. The summed E-state index contributed by atoms with van der Waals surface area (Å²) in [4.78, 5) is 26.3. The van der Waals surface area contributed by atoms with Gasteiger partial charge >= 0.3 is 5.97 Å². The van der Waals surface area contributed by atoms with E-state index in [1.54, 1.807) is 0 Å². The van der Waals surface area contributed by atoms with E-state index in [9.17, 15) is 19.8 Å². The molecule has 3 N–H and O–H groups in total. The lowest BCUT2D eigenvalue weighted by atomic mass is 10.0. The molecule has 0 aliphatic heterocycles. The van der Waals surface area contributed by atoms with E-state index in [2.05, 4.69) is 50.4 Å². The van der Waals surface area contributed by atoms with Gasteiger partial charge in [-0.05, 0) is 57.8 Å². The Bertz CT molecular complexity index is 1060. The smallest absolute Gasteiger partial charge is 0.306 e. The predicted octanol–water partition coefficient (Wildman–Crippen LogP) is 18.6. The van der Waals surface area contributed by atoms with Crippen molar-refractivity contribution in [3.63, 3.8) is 0 Å². The van der Waals surface area contributed by atoms with E-state index in [-0.39, 0.29) is 24.9 Å². The number of esters is 1. The van der Waals surface area contributed by atoms with Gasteiger partial charge in [-0.15, -0.1) is 0 Å². The fourth-order valence-corrected chi connectivity index (χ4v) is 9.46. The standard InChI is InChI=1S/C61H117NO5/c1-4-7-10-13-16-19-22-25-27-29-30-31-33-36-39-42-45-48-51-54-61(66)67-57(52-49-46-43-40-37-35-32-28-26-23-20-17-14-11-8-5-2)55-60(65)62-58(56-63)59(64)53-50-47-44-41-38-34-24-21-18-15-12-9-6-3/h16,19,25,27,57-59,63-64H,4-15,17-18,20-24,26,28-56H2,1-3H3,(H,62,65)/b19-16-,27-25-. The fraction of sp³-hybridized carbons (Fsp3) is 0.902. The minimum atomic E-state index is -0.784. The first-order chi connectivity index (χ1) is 33.0. The molecule has 0 radical (unpaired) electrons. The Hall–Kier alpha value is -1.66. The minimum Gasteiger partial charge on any atom is -0.462 e. The van der Waals surface area contributed by atoms with Gasteiger partial charge in [0.05, 0.1) is 25.2 Å². The molecular weight excluding hydrogens is 827 g/mol. The normalized spacial score (nSPS) is 13.2. The highest BCUT2D eigenvalue weighted by molar-refractivity contribution is 5.77. The zero-order valence-electron chi connectivity index (χ0n) is 45.3. The van der Waals surface area contributed by atoms with E-state index in [1.165, 1.54) is 231 Å². The second-order valence-electron chi connectivity index (χ2n) is 20.8. The number of nitrogens with one attached hydrogen (secondary N) is 1. The number of unbranched alkanes of at least 4 members (excludes halogenated alkanes) is 39. The SMILES string of the molecule is CCCCC/C=C\C/C=C\CCCCCCCCCCCC(=O)OC(CCCCCCCCCCCCCCCCCC)CC(=O)NC(CO)C(O)CCCCCCCCCCCCCCC. The number of rotatable bonds is 55. The van der Waals surface area contributed by atoms with Crippen LogP contribution in [0.25, 0.3) is 0 Å². The molecule has 3 atom stereocenters. The zero-order valence-corrected chi connectivity index (χ0v) is 45.3. The Morgan fingerprint density at radius 3 is 1.16 bits per heavy atom. The van der Waals surface area contributed by atoms with Crippen molar-refractivity contribution in [1.82, 2.24) is 5.32 Å². The quantitative estimate of drug-likeness (QED) is 0.0321. The molecule has 6 nitrogen and oxygen atoms in total. The summed E-state index contributed by atoms with van der Waals surface area (Å²) in [6.07, 6.45) is 65.3. The summed E-state index contributed by atoms with van der Waals surface area (Å²) in [6, 6.07) is -0.698. The molecule has 0 aliphatic carbocycles. The van der Waals surface area contributed by atoms with Crippen LogP contribution in [0.15, 0.2) is 24.3 Å². The molecule has 0 heterocycles. The highest BCUT2D eigenvalue weighted by atomic mass is 16.5. The molecule has 0 bridgehead atoms. The maximum absolute atomic E-state index is 13.3. The number of hydrogen-bond donors (Lipinski definition) is 3. The van der Waals surface area contributed by atoms with Crippen molar-refractivity contribution < 1.29 is 24.5 Å². The summed E-state index contributed by atoms with van der Waals surface area (Å²) < 4.78 is 5.98. The molecule has 0 aromatic heterocycles. The highest BCUT2D eigenvalue weighted by Crippen LogP contribution is 2.19. The zero-order chi connectivity index (χ0) is 48.8. The number of aliphatic hydroxyl groups excluding tert-OH is 2. The van der Waals surface area contributed by atoms with Crippen LogP contribution in [0.1, 0.15) is 329 Å². The van der Waals surface area contributed by atoms with Crippen molar-refractivity contribution >= 4 is 11.9 Å². The molecular formula is C61H117NO5. The monoisotopic (exact) mass is 944 g/mol. The number of carbonyl (C=O) groups excluding carboxylic acids is 2. The number of hydrogen-bond acceptors (Lipinski definition) is 5. The molecule has 0 spiro atoms. The molecule has 0 aliphatic rings. The van der Waals surface area contributed by atoms with Gasteiger partial charge in [0.2, 0.25) is 5.91 Å². The van der Waals surface area contributed by atoms with Gasteiger partial charge in [0, 0.05) is 6.42 Å². The molecule has 0 aromatic rings. The number of amides is 1. The van der Waals surface area contributed by atoms with Crippen LogP contribution >= 0.6 is 0 Å². The van der Waals surface area contributed by atoms with Crippen LogP contribution in [0.4, 0.5) is 0 Å². The Balaban J connectivity index is 4.51. The van der Waals surface area contributed by atoms with Gasteiger partial charge in [-0.1, -0.05) is 283 Å². The molecule has 0 saturated heterocycles. The summed E-state index contributed by atoms with van der Waals surface area (Å²) in [7, 11) is 0. The van der Waals surface area contributed by atoms with E-state index < -0.39 is 18.2 Å². The molecule has 67 heavy (non-hydrogen) atoms. The lowest BCUT2D eigenvalue weighted by Crippen LogP contribution is -2.46. The second-order valence-corrected chi connectivity index (χ2v) is 20.8. The van der Waals surface area contributed by atoms with Crippen molar-refractivity contribution in [2.24, 2.45) is 0 Å². The van der Waals surface area contributed by atoms with Crippen LogP contribution in [-0.4, -0.2) is 46.9 Å². The fourth-order valence-electron chi connectivity index (χ4n) is 9.46. The number of ether oxygens (including phenoxy) is 1. The summed E-state index contributed by atoms with van der Waals surface area (Å²) in [5.41, 5.74) is 0. The van der Waals surface area contributed by atoms with E-state index in [0.29, 0.717) is 19.3 Å². The highest BCUT2D eigenvalue weighted by Gasteiger charge is 2.24. The van der Waals surface area contributed by atoms with Crippen molar-refractivity contribution in [3.05, 3.63) is 24.3 Å². The topological polar surface area (TPSA) is 95.9 Å². The first-order valence-electron chi connectivity index (χ1n) is 30.1. The molecule has 6 heteroatoms. The van der Waals surface area contributed by atoms with Crippen molar-refractivity contribution in [2.75, 3.05) is 6.61 Å². The van der Waals surface area contributed by atoms with Crippen LogP contribution in [0.3, 0.4) is 0 Å². The van der Waals surface area contributed by atoms with E-state index in [0.717, 1.165) is 51.4 Å². The summed E-state index contributed by atoms with van der Waals surface area (Å²) >= 11 is 0. The summed E-state index contributed by atoms with van der Waals surface area (Å²) in [6.45, 7) is 6.50. The number of allylic oxidation sites excluding steroid dienone is 4. The van der Waals surface area contributed by atoms with Gasteiger partial charge in [-0.3, -0.25) is 9.59 Å². The molecule has 0 fully saturated rings. The maximum atomic E-state index is 13.3. The number of carbonyl (C=O) groups is 2. The van der Waals surface area contributed by atoms with Gasteiger partial charge in [-0.25, -0.2) is 0 Å². The third-order valence-corrected chi connectivity index (χ3v) is 14.0. The Morgan fingerprint density at radius 1 is 0.433 bits per heavy atom. The van der Waals surface area contributed by atoms with Gasteiger partial charge in [-0.2, -0.15) is 0 Å². The van der Waals surface area contributed by atoms with Crippen molar-refractivity contribution in [3.8, 4) is 0 Å². The Kier molecular flexibility index (Phi) is 53.9. The average molecular weight is 945 g/mol. The lowest BCUT2D eigenvalue weighted by Gasteiger charge is -2.24. The van der Waals surface area contributed by atoms with Crippen LogP contribution in [0, 0.1) is 0 Å². The third-order valence-electron chi connectivity index (χ3n) is 14.0. The Morgan fingerprint density at radius 2 is 0.761 bits per heavy atom. The largest absolute Gasteiger partial charge is 0.462 e. The third kappa shape index (κ3) is 50.5.